The quantitative estimate of drug-likeness (QED) is 0.753. The Morgan fingerprint density at radius 1 is 1.50 bits per heavy atom. The van der Waals surface area contributed by atoms with E-state index in [1.807, 2.05) is 12.1 Å². The van der Waals surface area contributed by atoms with E-state index in [1.165, 1.54) is 12.7 Å². The maximum absolute atomic E-state index is 11.4. The first kappa shape index (κ1) is 12.4. The SMILES string of the molecule is COCNC(=O)N(C)CCc1ccncc1. The summed E-state index contributed by atoms with van der Waals surface area (Å²) in [6.07, 6.45) is 4.32. The molecule has 16 heavy (non-hydrogen) atoms. The predicted octanol–water partition coefficient (Wildman–Crippen LogP) is 0.869. The molecule has 0 unspecified atom stereocenters. The number of methoxy groups -OCH3 is 1. The van der Waals surface area contributed by atoms with Gasteiger partial charge in [-0.25, -0.2) is 4.79 Å². The van der Waals surface area contributed by atoms with Crippen LogP contribution in [0.15, 0.2) is 24.5 Å². The summed E-state index contributed by atoms with van der Waals surface area (Å²) in [5.74, 6) is 0. The van der Waals surface area contributed by atoms with E-state index in [0.29, 0.717) is 6.54 Å². The van der Waals surface area contributed by atoms with E-state index in [-0.39, 0.29) is 12.8 Å². The molecule has 0 spiro atoms. The van der Waals surface area contributed by atoms with Gasteiger partial charge >= 0.3 is 6.03 Å². The number of urea groups is 1. The van der Waals surface area contributed by atoms with E-state index in [0.717, 1.165) is 6.42 Å². The molecule has 2 amide bonds. The Hall–Kier alpha value is -1.62. The average Bonchev–Trinajstić information content (AvgIpc) is 2.34. The Balaban J connectivity index is 2.29. The number of likely N-dealkylation sites (N-methyl/N-ethyl adjacent to an activating group) is 1. The van der Waals surface area contributed by atoms with Gasteiger partial charge in [0.15, 0.2) is 0 Å². The molecule has 1 aromatic rings. The summed E-state index contributed by atoms with van der Waals surface area (Å²) < 4.78 is 4.76. The Morgan fingerprint density at radius 3 is 2.81 bits per heavy atom. The van der Waals surface area contributed by atoms with Crippen molar-refractivity contribution in [2.75, 3.05) is 27.4 Å². The van der Waals surface area contributed by atoms with Crippen LogP contribution in [0, 0.1) is 0 Å². The molecule has 0 radical (unpaired) electrons. The van der Waals surface area contributed by atoms with Gasteiger partial charge < -0.3 is 15.0 Å². The van der Waals surface area contributed by atoms with Crippen LogP contribution in [0.4, 0.5) is 4.79 Å². The number of rotatable bonds is 5. The summed E-state index contributed by atoms with van der Waals surface area (Å²) >= 11 is 0. The molecule has 88 valence electrons. The highest BCUT2D eigenvalue weighted by Crippen LogP contribution is 1.98. The van der Waals surface area contributed by atoms with Crippen molar-refractivity contribution in [2.45, 2.75) is 6.42 Å². The number of amides is 2. The molecule has 1 aromatic heterocycles. The van der Waals surface area contributed by atoms with Crippen LogP contribution in [-0.4, -0.2) is 43.3 Å². The lowest BCUT2D eigenvalue weighted by Crippen LogP contribution is -2.39. The number of aromatic nitrogens is 1. The molecule has 0 aromatic carbocycles. The van der Waals surface area contributed by atoms with E-state index in [9.17, 15) is 4.79 Å². The third-order valence-electron chi connectivity index (χ3n) is 2.20. The molecule has 1 N–H and O–H groups in total. The Morgan fingerprint density at radius 2 is 2.19 bits per heavy atom. The molecule has 0 saturated heterocycles. The van der Waals surface area contributed by atoms with Crippen molar-refractivity contribution in [3.63, 3.8) is 0 Å². The summed E-state index contributed by atoms with van der Waals surface area (Å²) in [6.45, 7) is 0.901. The molecule has 5 nitrogen and oxygen atoms in total. The Kier molecular flexibility index (Phi) is 5.28. The maximum atomic E-state index is 11.4. The van der Waals surface area contributed by atoms with Crippen LogP contribution in [0.25, 0.3) is 0 Å². The van der Waals surface area contributed by atoms with Gasteiger partial charge in [0.25, 0.3) is 0 Å². The highest BCUT2D eigenvalue weighted by molar-refractivity contribution is 5.73. The first-order valence-corrected chi connectivity index (χ1v) is 5.11. The van der Waals surface area contributed by atoms with Crippen LogP contribution >= 0.6 is 0 Å². The minimum atomic E-state index is -0.129. The van der Waals surface area contributed by atoms with Gasteiger partial charge in [-0.3, -0.25) is 4.98 Å². The van der Waals surface area contributed by atoms with E-state index >= 15 is 0 Å². The summed E-state index contributed by atoms with van der Waals surface area (Å²) in [5.41, 5.74) is 1.17. The largest absolute Gasteiger partial charge is 0.364 e. The monoisotopic (exact) mass is 223 g/mol. The zero-order chi connectivity index (χ0) is 11.8. The van der Waals surface area contributed by atoms with Crippen molar-refractivity contribution in [3.05, 3.63) is 30.1 Å². The van der Waals surface area contributed by atoms with Gasteiger partial charge in [-0.15, -0.1) is 0 Å². The van der Waals surface area contributed by atoms with Gasteiger partial charge in [0.1, 0.15) is 6.73 Å². The van der Waals surface area contributed by atoms with Crippen molar-refractivity contribution < 1.29 is 9.53 Å². The van der Waals surface area contributed by atoms with Gasteiger partial charge in [0.05, 0.1) is 0 Å². The first-order chi connectivity index (χ1) is 7.74. The lowest BCUT2D eigenvalue weighted by atomic mass is 10.2. The normalized spacial score (nSPS) is 9.88. The number of pyridine rings is 1. The second-order valence-corrected chi connectivity index (χ2v) is 3.44. The fraction of sp³-hybridized carbons (Fsp3) is 0.455. The average molecular weight is 223 g/mol. The molecule has 1 heterocycles. The molecular formula is C11H17N3O2. The van der Waals surface area contributed by atoms with Gasteiger partial charge in [-0.2, -0.15) is 0 Å². The minimum absolute atomic E-state index is 0.129. The van der Waals surface area contributed by atoms with Crippen LogP contribution in [0.3, 0.4) is 0 Å². The molecule has 0 aliphatic carbocycles. The topological polar surface area (TPSA) is 54.5 Å². The summed E-state index contributed by atoms with van der Waals surface area (Å²) in [7, 11) is 3.30. The van der Waals surface area contributed by atoms with Gasteiger partial charge in [0.2, 0.25) is 0 Å². The zero-order valence-electron chi connectivity index (χ0n) is 9.64. The van der Waals surface area contributed by atoms with Gasteiger partial charge in [-0.05, 0) is 24.1 Å². The number of ether oxygens (including phenoxy) is 1. The van der Waals surface area contributed by atoms with Crippen LogP contribution in [-0.2, 0) is 11.2 Å². The predicted molar refractivity (Wildman–Crippen MR) is 61.0 cm³/mol. The number of hydrogen-bond donors (Lipinski definition) is 1. The van der Waals surface area contributed by atoms with Crippen molar-refractivity contribution in [1.29, 1.82) is 0 Å². The summed E-state index contributed by atoms with van der Waals surface area (Å²) in [6, 6.07) is 3.76. The smallest absolute Gasteiger partial charge is 0.318 e. The number of carbonyl (C=O) groups is 1. The molecule has 0 aliphatic heterocycles. The van der Waals surface area contributed by atoms with Crippen LogP contribution in [0.5, 0.6) is 0 Å². The van der Waals surface area contributed by atoms with Crippen LogP contribution in [0.1, 0.15) is 5.56 Å². The van der Waals surface area contributed by atoms with Crippen LogP contribution in [0.2, 0.25) is 0 Å². The molecule has 0 aliphatic rings. The Bertz CT molecular complexity index is 316. The highest BCUT2D eigenvalue weighted by atomic mass is 16.5. The molecule has 0 saturated carbocycles. The second-order valence-electron chi connectivity index (χ2n) is 3.44. The second kappa shape index (κ2) is 6.79. The number of carbonyl (C=O) groups excluding carboxylic acids is 1. The third kappa shape index (κ3) is 4.27. The standard InChI is InChI=1S/C11H17N3O2/c1-14(11(15)13-9-16-2)8-5-10-3-6-12-7-4-10/h3-4,6-7H,5,8-9H2,1-2H3,(H,13,15). The van der Waals surface area contributed by atoms with Crippen LogP contribution < -0.4 is 5.32 Å². The molecule has 1 rings (SSSR count). The van der Waals surface area contributed by atoms with Crippen molar-refractivity contribution in [1.82, 2.24) is 15.2 Å². The zero-order valence-corrected chi connectivity index (χ0v) is 9.64. The first-order valence-electron chi connectivity index (χ1n) is 5.11. The van der Waals surface area contributed by atoms with Crippen molar-refractivity contribution in [2.24, 2.45) is 0 Å². The van der Waals surface area contributed by atoms with E-state index in [2.05, 4.69) is 10.3 Å². The van der Waals surface area contributed by atoms with Crippen molar-refractivity contribution in [3.8, 4) is 0 Å². The third-order valence-corrected chi connectivity index (χ3v) is 2.20. The van der Waals surface area contributed by atoms with E-state index in [1.54, 1.807) is 24.3 Å². The summed E-state index contributed by atoms with van der Waals surface area (Å²) in [4.78, 5) is 17.0. The fourth-order valence-corrected chi connectivity index (χ4v) is 1.22. The minimum Gasteiger partial charge on any atom is -0.364 e. The van der Waals surface area contributed by atoms with Crippen molar-refractivity contribution >= 4 is 6.03 Å². The number of hydrogen-bond acceptors (Lipinski definition) is 3. The summed E-state index contributed by atoms with van der Waals surface area (Å²) in [5, 5.41) is 2.62. The molecule has 0 atom stereocenters. The fourth-order valence-electron chi connectivity index (χ4n) is 1.22. The molecule has 5 heteroatoms. The molecule has 0 bridgehead atoms. The lowest BCUT2D eigenvalue weighted by molar-refractivity contribution is 0.159. The maximum Gasteiger partial charge on any atom is 0.318 e. The number of nitrogens with one attached hydrogen (secondary N) is 1. The highest BCUT2D eigenvalue weighted by Gasteiger charge is 2.06. The van der Waals surface area contributed by atoms with Gasteiger partial charge in [-0.1, -0.05) is 0 Å². The Labute approximate surface area is 95.4 Å². The molecule has 0 fully saturated rings. The van der Waals surface area contributed by atoms with E-state index < -0.39 is 0 Å². The molecular weight excluding hydrogens is 206 g/mol. The number of nitrogens with zero attached hydrogens (tertiary/aromatic N) is 2. The lowest BCUT2D eigenvalue weighted by Gasteiger charge is -2.17. The van der Waals surface area contributed by atoms with Gasteiger partial charge in [0, 0.05) is 33.1 Å². The van der Waals surface area contributed by atoms with E-state index in [4.69, 9.17) is 4.74 Å².